The van der Waals surface area contributed by atoms with Crippen LogP contribution in [0.1, 0.15) is 68.6 Å². The number of rotatable bonds is 6. The first kappa shape index (κ1) is 24.4. The van der Waals surface area contributed by atoms with Crippen LogP contribution in [0.2, 0.25) is 5.02 Å². The van der Waals surface area contributed by atoms with E-state index in [-0.39, 0.29) is 41.4 Å². The van der Waals surface area contributed by atoms with Gasteiger partial charge in [0.15, 0.2) is 0 Å². The molecule has 9 heteroatoms. The Hall–Kier alpha value is -2.32. The van der Waals surface area contributed by atoms with Crippen molar-refractivity contribution in [1.29, 1.82) is 0 Å². The summed E-state index contributed by atoms with van der Waals surface area (Å²) in [5, 5.41) is 10.2. The molecule has 3 amide bonds. The Morgan fingerprint density at radius 1 is 1.14 bits per heavy atom. The normalized spacial score (nSPS) is 27.6. The molecule has 3 unspecified atom stereocenters. The molecule has 1 aromatic carbocycles. The first-order valence-corrected chi connectivity index (χ1v) is 13.4. The monoisotopic (exact) mass is 501 g/mol. The fourth-order valence-corrected chi connectivity index (χ4v) is 5.86. The number of nitrogens with one attached hydrogen (secondary N) is 3. The molecule has 2 saturated carbocycles. The summed E-state index contributed by atoms with van der Waals surface area (Å²) in [5.74, 6) is 0.261. The van der Waals surface area contributed by atoms with E-state index in [1.165, 1.54) is 0 Å². The molecule has 2 aliphatic carbocycles. The van der Waals surface area contributed by atoms with Gasteiger partial charge >= 0.3 is 0 Å². The van der Waals surface area contributed by atoms with E-state index in [2.05, 4.69) is 27.8 Å². The van der Waals surface area contributed by atoms with Crippen LogP contribution in [0, 0.1) is 5.92 Å². The van der Waals surface area contributed by atoms with Gasteiger partial charge in [-0.15, -0.1) is 0 Å². The van der Waals surface area contributed by atoms with Crippen LogP contribution < -0.4 is 20.9 Å². The standard InChI is InChI=1S/C26H36ClN5O3/c1-26(10-11-26)30-24(34)17-6-7-21(19(27)16-17)31-12-14-32(15-13-31)23(33)9-8-22-28-20-5-3-2-4-18(20)25(35)29-22/h6-7,16,18,20,22,28H,2-5,8-15H2,1H3,(H,29,35)(H,30,34). The fraction of sp³-hybridized carbons (Fsp3) is 0.654. The van der Waals surface area contributed by atoms with Gasteiger partial charge in [0, 0.05) is 49.7 Å². The van der Waals surface area contributed by atoms with Gasteiger partial charge in [-0.05, 0) is 57.2 Å². The van der Waals surface area contributed by atoms with Crippen molar-refractivity contribution in [3.05, 3.63) is 28.8 Å². The molecule has 0 spiro atoms. The lowest BCUT2D eigenvalue weighted by atomic mass is 9.82. The largest absolute Gasteiger partial charge is 0.367 e. The van der Waals surface area contributed by atoms with Crippen LogP contribution in [0.15, 0.2) is 18.2 Å². The van der Waals surface area contributed by atoms with Crippen LogP contribution in [0.3, 0.4) is 0 Å². The van der Waals surface area contributed by atoms with Crippen LogP contribution in [-0.2, 0) is 9.59 Å². The minimum Gasteiger partial charge on any atom is -0.367 e. The van der Waals surface area contributed by atoms with Crippen LogP contribution in [-0.4, -0.2) is 66.5 Å². The van der Waals surface area contributed by atoms with Gasteiger partial charge in [0.25, 0.3) is 5.91 Å². The predicted molar refractivity (Wildman–Crippen MR) is 135 cm³/mol. The lowest BCUT2D eigenvalue weighted by molar-refractivity contribution is -0.134. The van der Waals surface area contributed by atoms with E-state index in [9.17, 15) is 14.4 Å². The molecule has 5 rings (SSSR count). The summed E-state index contributed by atoms with van der Waals surface area (Å²) in [7, 11) is 0. The highest BCUT2D eigenvalue weighted by atomic mass is 35.5. The van der Waals surface area contributed by atoms with Crippen LogP contribution >= 0.6 is 11.6 Å². The second kappa shape index (κ2) is 9.97. The van der Waals surface area contributed by atoms with Gasteiger partial charge in [-0.1, -0.05) is 24.4 Å². The second-order valence-electron chi connectivity index (χ2n) is 10.8. The van der Waals surface area contributed by atoms with Crippen molar-refractivity contribution < 1.29 is 14.4 Å². The van der Waals surface area contributed by atoms with Crippen LogP contribution in [0.4, 0.5) is 5.69 Å². The van der Waals surface area contributed by atoms with Gasteiger partial charge in [-0.2, -0.15) is 0 Å². The van der Waals surface area contributed by atoms with Gasteiger partial charge < -0.3 is 20.4 Å². The van der Waals surface area contributed by atoms with Crippen molar-refractivity contribution in [3.63, 3.8) is 0 Å². The highest BCUT2D eigenvalue weighted by Gasteiger charge is 2.39. The molecule has 3 N–H and O–H groups in total. The first-order chi connectivity index (χ1) is 16.8. The zero-order valence-electron chi connectivity index (χ0n) is 20.4. The average Bonchev–Trinajstić information content (AvgIpc) is 3.59. The molecule has 1 aromatic rings. The lowest BCUT2D eigenvalue weighted by Crippen LogP contribution is -2.62. The Labute approximate surface area is 212 Å². The van der Waals surface area contributed by atoms with Gasteiger partial charge in [0.2, 0.25) is 11.8 Å². The molecule has 8 nitrogen and oxygen atoms in total. The Bertz CT molecular complexity index is 989. The van der Waals surface area contributed by atoms with E-state index < -0.39 is 0 Å². The number of benzene rings is 1. The summed E-state index contributed by atoms with van der Waals surface area (Å²) in [6.45, 7) is 4.69. The van der Waals surface area contributed by atoms with E-state index in [1.54, 1.807) is 6.07 Å². The molecule has 2 saturated heterocycles. The molecular weight excluding hydrogens is 466 g/mol. The number of carbonyl (C=O) groups is 3. The number of halogens is 1. The summed E-state index contributed by atoms with van der Waals surface area (Å²) in [6.07, 6.45) is 7.22. The molecule has 3 atom stereocenters. The second-order valence-corrected chi connectivity index (χ2v) is 11.2. The third-order valence-corrected chi connectivity index (χ3v) is 8.38. The minimum absolute atomic E-state index is 0.0674. The molecule has 4 aliphatic rings. The number of amides is 3. The average molecular weight is 502 g/mol. The Morgan fingerprint density at radius 3 is 2.60 bits per heavy atom. The van der Waals surface area contributed by atoms with Crippen molar-refractivity contribution in [2.45, 2.75) is 76.0 Å². The van der Waals surface area contributed by atoms with Crippen molar-refractivity contribution in [2.75, 3.05) is 31.1 Å². The summed E-state index contributed by atoms with van der Waals surface area (Å²) in [5.41, 5.74) is 1.40. The maximum atomic E-state index is 12.9. The molecule has 0 radical (unpaired) electrons. The summed E-state index contributed by atoms with van der Waals surface area (Å²) < 4.78 is 0. The van der Waals surface area contributed by atoms with Crippen molar-refractivity contribution in [3.8, 4) is 0 Å². The lowest BCUT2D eigenvalue weighted by Gasteiger charge is -2.40. The SMILES string of the molecule is CC1(NC(=O)c2ccc(N3CCN(C(=O)CCC4NC(=O)C5CCCCC5N4)CC3)c(Cl)c2)CC1. The minimum atomic E-state index is -0.121. The van der Waals surface area contributed by atoms with E-state index in [0.29, 0.717) is 49.6 Å². The molecule has 0 aromatic heterocycles. The maximum Gasteiger partial charge on any atom is 0.251 e. The third-order valence-electron chi connectivity index (χ3n) is 8.08. The van der Waals surface area contributed by atoms with Gasteiger partial charge in [-0.3, -0.25) is 19.7 Å². The number of carbonyl (C=O) groups excluding carboxylic acids is 3. The Morgan fingerprint density at radius 2 is 1.89 bits per heavy atom. The number of hydrogen-bond acceptors (Lipinski definition) is 5. The molecular formula is C26H36ClN5O3. The summed E-state index contributed by atoms with van der Waals surface area (Å²) in [4.78, 5) is 41.8. The highest BCUT2D eigenvalue weighted by molar-refractivity contribution is 6.33. The van der Waals surface area contributed by atoms with E-state index in [0.717, 1.165) is 44.2 Å². The number of hydrogen-bond donors (Lipinski definition) is 3. The molecule has 35 heavy (non-hydrogen) atoms. The van der Waals surface area contributed by atoms with Crippen molar-refractivity contribution in [1.82, 2.24) is 20.9 Å². The maximum absolute atomic E-state index is 12.9. The number of nitrogens with zero attached hydrogens (tertiary/aromatic N) is 2. The fourth-order valence-electron chi connectivity index (χ4n) is 5.56. The van der Waals surface area contributed by atoms with Gasteiger partial charge in [0.1, 0.15) is 0 Å². The summed E-state index contributed by atoms with van der Waals surface area (Å²) in [6, 6.07) is 5.71. The van der Waals surface area contributed by atoms with Crippen molar-refractivity contribution in [2.24, 2.45) is 5.92 Å². The molecule has 0 bridgehead atoms. The van der Waals surface area contributed by atoms with Gasteiger partial charge in [0.05, 0.1) is 22.8 Å². The van der Waals surface area contributed by atoms with E-state index >= 15 is 0 Å². The molecule has 4 fully saturated rings. The summed E-state index contributed by atoms with van der Waals surface area (Å²) >= 11 is 6.55. The van der Waals surface area contributed by atoms with Crippen LogP contribution in [0.5, 0.6) is 0 Å². The van der Waals surface area contributed by atoms with Gasteiger partial charge in [-0.25, -0.2) is 0 Å². The smallest absolute Gasteiger partial charge is 0.251 e. The zero-order valence-corrected chi connectivity index (χ0v) is 21.2. The highest BCUT2D eigenvalue weighted by Crippen LogP contribution is 2.35. The topological polar surface area (TPSA) is 93.8 Å². The number of fused-ring (bicyclic) bond motifs is 1. The zero-order chi connectivity index (χ0) is 24.6. The quantitative estimate of drug-likeness (QED) is 0.557. The van der Waals surface area contributed by atoms with E-state index in [4.69, 9.17) is 11.6 Å². The Balaban J connectivity index is 1.09. The molecule has 190 valence electrons. The van der Waals surface area contributed by atoms with E-state index in [1.807, 2.05) is 17.0 Å². The number of piperazine rings is 1. The molecule has 2 aliphatic heterocycles. The van der Waals surface area contributed by atoms with Crippen molar-refractivity contribution >= 4 is 35.0 Å². The Kier molecular flexibility index (Phi) is 6.95. The predicted octanol–water partition coefficient (Wildman–Crippen LogP) is 2.66. The third kappa shape index (κ3) is 5.59. The van der Waals surface area contributed by atoms with Crippen LogP contribution in [0.25, 0.3) is 0 Å². The first-order valence-electron chi connectivity index (χ1n) is 13.0. The number of anilines is 1. The molecule has 2 heterocycles.